The Bertz CT molecular complexity index is 475. The van der Waals surface area contributed by atoms with Crippen molar-refractivity contribution in [1.29, 1.82) is 0 Å². The average Bonchev–Trinajstić information content (AvgIpc) is 2.89. The fourth-order valence-corrected chi connectivity index (χ4v) is 3.84. The highest BCUT2D eigenvalue weighted by atomic mass is 32.2. The topological polar surface area (TPSA) is 58.6 Å². The van der Waals surface area contributed by atoms with Crippen molar-refractivity contribution < 1.29 is 14.6 Å². The van der Waals surface area contributed by atoms with Crippen molar-refractivity contribution in [2.45, 2.75) is 35.0 Å². The van der Waals surface area contributed by atoms with E-state index in [1.165, 1.54) is 10.5 Å². The van der Waals surface area contributed by atoms with Crippen LogP contribution in [0.15, 0.2) is 29.2 Å². The molecule has 1 unspecified atom stereocenters. The van der Waals surface area contributed by atoms with E-state index in [9.17, 15) is 9.90 Å². The first-order valence-corrected chi connectivity index (χ1v) is 7.87. The maximum Gasteiger partial charge on any atom is 0.233 e. The van der Waals surface area contributed by atoms with E-state index in [2.05, 4.69) is 17.4 Å². The number of benzene rings is 1. The molecule has 1 fully saturated rings. The van der Waals surface area contributed by atoms with Crippen LogP contribution < -0.4 is 5.32 Å². The van der Waals surface area contributed by atoms with Crippen molar-refractivity contribution in [3.05, 3.63) is 29.8 Å². The second kappa shape index (κ2) is 5.76. The van der Waals surface area contributed by atoms with Crippen molar-refractivity contribution in [2.24, 2.45) is 0 Å². The Morgan fingerprint density at radius 1 is 1.40 bits per heavy atom. The number of rotatable bonds is 3. The van der Waals surface area contributed by atoms with Gasteiger partial charge in [-0.15, -0.1) is 11.8 Å². The lowest BCUT2D eigenvalue weighted by Gasteiger charge is -2.32. The molecule has 108 valence electrons. The van der Waals surface area contributed by atoms with Gasteiger partial charge in [0.05, 0.1) is 10.9 Å². The standard InChI is InChI=1S/C15H19NO3S/c17-14(16-10-15(18)5-7-19-8-6-15)13-9-11-3-1-2-4-12(11)20-13/h1-4,13,18H,5-10H2,(H,16,17). The van der Waals surface area contributed by atoms with Crippen molar-refractivity contribution >= 4 is 17.7 Å². The summed E-state index contributed by atoms with van der Waals surface area (Å²) in [5.74, 6) is 0.0196. The maximum absolute atomic E-state index is 12.2. The number of ether oxygens (including phenoxy) is 1. The molecule has 1 atom stereocenters. The minimum Gasteiger partial charge on any atom is -0.388 e. The van der Waals surface area contributed by atoms with E-state index in [0.29, 0.717) is 32.6 Å². The molecule has 0 radical (unpaired) electrons. The minimum atomic E-state index is -0.802. The van der Waals surface area contributed by atoms with Crippen LogP contribution in [0.2, 0.25) is 0 Å². The van der Waals surface area contributed by atoms with Gasteiger partial charge in [-0.1, -0.05) is 18.2 Å². The van der Waals surface area contributed by atoms with Gasteiger partial charge in [0.15, 0.2) is 0 Å². The van der Waals surface area contributed by atoms with Crippen LogP contribution in [0.1, 0.15) is 18.4 Å². The van der Waals surface area contributed by atoms with Gasteiger partial charge in [-0.3, -0.25) is 4.79 Å². The van der Waals surface area contributed by atoms with Gasteiger partial charge in [0.25, 0.3) is 0 Å². The summed E-state index contributed by atoms with van der Waals surface area (Å²) < 4.78 is 5.24. The Balaban J connectivity index is 1.53. The summed E-state index contributed by atoms with van der Waals surface area (Å²) in [5, 5.41) is 13.2. The molecule has 0 aromatic heterocycles. The maximum atomic E-state index is 12.2. The SMILES string of the molecule is O=C(NCC1(O)CCOCC1)C1Cc2ccccc2S1. The van der Waals surface area contributed by atoms with Crippen LogP contribution in [0.25, 0.3) is 0 Å². The lowest BCUT2D eigenvalue weighted by molar-refractivity contribution is -0.123. The third-order valence-corrected chi connectivity index (χ3v) is 5.27. The molecule has 2 aliphatic rings. The Morgan fingerprint density at radius 3 is 2.90 bits per heavy atom. The Labute approximate surface area is 122 Å². The van der Waals surface area contributed by atoms with Gasteiger partial charge in [0.1, 0.15) is 0 Å². The first kappa shape index (κ1) is 13.9. The van der Waals surface area contributed by atoms with E-state index in [1.807, 2.05) is 12.1 Å². The molecule has 0 spiro atoms. The second-order valence-corrected chi connectivity index (χ2v) is 6.72. The van der Waals surface area contributed by atoms with Gasteiger partial charge in [-0.2, -0.15) is 0 Å². The summed E-state index contributed by atoms with van der Waals surface area (Å²) in [6.07, 6.45) is 1.95. The Hall–Kier alpha value is -1.04. The molecule has 1 saturated heterocycles. The monoisotopic (exact) mass is 293 g/mol. The van der Waals surface area contributed by atoms with Gasteiger partial charge < -0.3 is 15.2 Å². The van der Waals surface area contributed by atoms with E-state index in [0.717, 1.165) is 6.42 Å². The zero-order chi connectivity index (χ0) is 14.0. The van der Waals surface area contributed by atoms with Gasteiger partial charge >= 0.3 is 0 Å². The first-order valence-electron chi connectivity index (χ1n) is 6.99. The van der Waals surface area contributed by atoms with E-state index in [1.54, 1.807) is 11.8 Å². The fraction of sp³-hybridized carbons (Fsp3) is 0.533. The predicted octanol–water partition coefficient (Wildman–Crippen LogP) is 1.36. The molecule has 0 bridgehead atoms. The van der Waals surface area contributed by atoms with Gasteiger partial charge in [0, 0.05) is 37.5 Å². The number of hydrogen-bond acceptors (Lipinski definition) is 4. The number of carbonyl (C=O) groups is 1. The minimum absolute atomic E-state index is 0.0196. The zero-order valence-corrected chi connectivity index (χ0v) is 12.1. The highest BCUT2D eigenvalue weighted by Gasteiger charge is 2.33. The number of carbonyl (C=O) groups excluding carboxylic acids is 1. The average molecular weight is 293 g/mol. The van der Waals surface area contributed by atoms with Crippen molar-refractivity contribution in [3.8, 4) is 0 Å². The number of fused-ring (bicyclic) bond motifs is 1. The van der Waals surface area contributed by atoms with Gasteiger partial charge in [-0.05, 0) is 18.1 Å². The summed E-state index contributed by atoms with van der Waals surface area (Å²) >= 11 is 1.61. The number of hydrogen-bond donors (Lipinski definition) is 2. The third kappa shape index (κ3) is 3.00. The van der Waals surface area contributed by atoms with Crippen molar-refractivity contribution in [3.63, 3.8) is 0 Å². The molecule has 2 N–H and O–H groups in total. The normalized spacial score (nSPS) is 24.1. The van der Waals surface area contributed by atoms with Crippen LogP contribution in [0, 0.1) is 0 Å². The molecule has 2 aliphatic heterocycles. The summed E-state index contributed by atoms with van der Waals surface area (Å²) in [6, 6.07) is 8.13. The molecular weight excluding hydrogens is 274 g/mol. The highest BCUT2D eigenvalue weighted by Crippen LogP contribution is 2.36. The van der Waals surface area contributed by atoms with Crippen LogP contribution in [0.5, 0.6) is 0 Å². The Morgan fingerprint density at radius 2 is 2.15 bits per heavy atom. The number of amides is 1. The van der Waals surface area contributed by atoms with Gasteiger partial charge in [-0.25, -0.2) is 0 Å². The molecule has 3 rings (SSSR count). The molecule has 1 aromatic rings. The van der Waals surface area contributed by atoms with Crippen LogP contribution >= 0.6 is 11.8 Å². The predicted molar refractivity (Wildman–Crippen MR) is 77.8 cm³/mol. The molecule has 5 heteroatoms. The van der Waals surface area contributed by atoms with Crippen molar-refractivity contribution in [2.75, 3.05) is 19.8 Å². The number of aliphatic hydroxyl groups is 1. The molecule has 20 heavy (non-hydrogen) atoms. The lowest BCUT2D eigenvalue weighted by atomic mass is 9.94. The summed E-state index contributed by atoms with van der Waals surface area (Å²) in [4.78, 5) is 13.4. The van der Waals surface area contributed by atoms with Crippen LogP contribution in [-0.2, 0) is 16.0 Å². The van der Waals surface area contributed by atoms with Gasteiger partial charge in [0.2, 0.25) is 5.91 Å². The van der Waals surface area contributed by atoms with E-state index in [4.69, 9.17) is 4.74 Å². The van der Waals surface area contributed by atoms with Crippen molar-refractivity contribution in [1.82, 2.24) is 5.32 Å². The molecule has 0 aliphatic carbocycles. The van der Waals surface area contributed by atoms with Crippen LogP contribution in [0.4, 0.5) is 0 Å². The fourth-order valence-electron chi connectivity index (χ4n) is 2.62. The molecule has 1 amide bonds. The second-order valence-electron chi connectivity index (χ2n) is 5.47. The summed E-state index contributed by atoms with van der Waals surface area (Å²) in [7, 11) is 0. The molecule has 2 heterocycles. The zero-order valence-electron chi connectivity index (χ0n) is 11.3. The third-order valence-electron chi connectivity index (χ3n) is 3.95. The number of nitrogens with one attached hydrogen (secondary N) is 1. The van der Waals surface area contributed by atoms with Crippen LogP contribution in [-0.4, -0.2) is 41.6 Å². The summed E-state index contributed by atoms with van der Waals surface area (Å²) in [5.41, 5.74) is 0.437. The Kier molecular flexibility index (Phi) is 4.01. The molecule has 4 nitrogen and oxygen atoms in total. The smallest absolute Gasteiger partial charge is 0.233 e. The first-order chi connectivity index (χ1) is 9.66. The summed E-state index contributed by atoms with van der Waals surface area (Å²) in [6.45, 7) is 1.45. The van der Waals surface area contributed by atoms with E-state index < -0.39 is 5.60 Å². The molecule has 0 saturated carbocycles. The highest BCUT2D eigenvalue weighted by molar-refractivity contribution is 8.01. The van der Waals surface area contributed by atoms with E-state index in [-0.39, 0.29) is 11.2 Å². The number of thioether (sulfide) groups is 1. The largest absolute Gasteiger partial charge is 0.388 e. The lowest BCUT2D eigenvalue weighted by Crippen LogP contribution is -2.48. The molecular formula is C15H19NO3S. The van der Waals surface area contributed by atoms with Crippen LogP contribution in [0.3, 0.4) is 0 Å². The quantitative estimate of drug-likeness (QED) is 0.883. The van der Waals surface area contributed by atoms with E-state index >= 15 is 0 Å². The molecule has 1 aromatic carbocycles.